The van der Waals surface area contributed by atoms with Crippen molar-refractivity contribution in [3.8, 4) is 0 Å². The minimum atomic E-state index is 0.782. The van der Waals surface area contributed by atoms with Gasteiger partial charge in [0, 0.05) is 0 Å². The van der Waals surface area contributed by atoms with Crippen LogP contribution in [0.25, 0.3) is 0 Å². The zero-order chi connectivity index (χ0) is 7.72. The lowest BCUT2D eigenvalue weighted by Gasteiger charge is -2.08. The summed E-state index contributed by atoms with van der Waals surface area (Å²) in [5, 5.41) is 0. The van der Waals surface area contributed by atoms with Crippen LogP contribution in [0.4, 0.5) is 0 Å². The summed E-state index contributed by atoms with van der Waals surface area (Å²) in [4.78, 5) is 0. The van der Waals surface area contributed by atoms with Crippen molar-refractivity contribution < 1.29 is 0 Å². The SMILES string of the molecule is CC1=C(C(C)C)CCC1C. The van der Waals surface area contributed by atoms with Gasteiger partial charge in [-0.3, -0.25) is 0 Å². The molecule has 0 amide bonds. The molecule has 58 valence electrons. The lowest BCUT2D eigenvalue weighted by Crippen LogP contribution is -1.93. The molecule has 0 aromatic carbocycles. The fourth-order valence-corrected chi connectivity index (χ4v) is 1.85. The Bertz CT molecular complexity index is 151. The van der Waals surface area contributed by atoms with E-state index in [1.165, 1.54) is 12.8 Å². The monoisotopic (exact) mass is 138 g/mol. The van der Waals surface area contributed by atoms with Crippen molar-refractivity contribution in [1.29, 1.82) is 0 Å². The first-order chi connectivity index (χ1) is 4.63. The molecule has 0 nitrogen and oxygen atoms in total. The van der Waals surface area contributed by atoms with Gasteiger partial charge < -0.3 is 0 Å². The van der Waals surface area contributed by atoms with Crippen molar-refractivity contribution in [2.45, 2.75) is 40.5 Å². The fourth-order valence-electron chi connectivity index (χ4n) is 1.85. The van der Waals surface area contributed by atoms with E-state index in [0.29, 0.717) is 0 Å². The molecule has 0 saturated carbocycles. The zero-order valence-corrected chi connectivity index (χ0v) is 7.57. The minimum Gasteiger partial charge on any atom is -0.0710 e. The maximum absolute atomic E-state index is 2.34. The van der Waals surface area contributed by atoms with E-state index in [0.717, 1.165) is 11.8 Å². The van der Waals surface area contributed by atoms with E-state index in [-0.39, 0.29) is 0 Å². The van der Waals surface area contributed by atoms with Crippen molar-refractivity contribution >= 4 is 0 Å². The molecule has 1 unspecified atom stereocenters. The molecule has 1 aliphatic carbocycles. The van der Waals surface area contributed by atoms with E-state index in [1.807, 2.05) is 0 Å². The van der Waals surface area contributed by atoms with Crippen LogP contribution in [0, 0.1) is 11.8 Å². The normalized spacial score (nSPS) is 26.7. The van der Waals surface area contributed by atoms with E-state index in [1.54, 1.807) is 11.1 Å². The highest BCUT2D eigenvalue weighted by molar-refractivity contribution is 5.21. The van der Waals surface area contributed by atoms with Gasteiger partial charge in [0.25, 0.3) is 0 Å². The van der Waals surface area contributed by atoms with Gasteiger partial charge in [-0.25, -0.2) is 0 Å². The van der Waals surface area contributed by atoms with Gasteiger partial charge in [-0.2, -0.15) is 0 Å². The summed E-state index contributed by atoms with van der Waals surface area (Å²) < 4.78 is 0. The van der Waals surface area contributed by atoms with Gasteiger partial charge in [0.1, 0.15) is 0 Å². The van der Waals surface area contributed by atoms with Gasteiger partial charge in [0.2, 0.25) is 0 Å². The second-order valence-corrected chi connectivity index (χ2v) is 3.80. The zero-order valence-electron chi connectivity index (χ0n) is 7.57. The third kappa shape index (κ3) is 1.25. The average Bonchev–Trinajstić information content (AvgIpc) is 2.14. The molecule has 1 rings (SSSR count). The second-order valence-electron chi connectivity index (χ2n) is 3.80. The minimum absolute atomic E-state index is 0.782. The molecule has 1 atom stereocenters. The smallest absolute Gasteiger partial charge is 0.0229 e. The van der Waals surface area contributed by atoms with Crippen molar-refractivity contribution in [1.82, 2.24) is 0 Å². The summed E-state index contributed by atoms with van der Waals surface area (Å²) in [7, 11) is 0. The Morgan fingerprint density at radius 3 is 2.20 bits per heavy atom. The van der Waals surface area contributed by atoms with Crippen LogP contribution in [0.3, 0.4) is 0 Å². The van der Waals surface area contributed by atoms with Gasteiger partial charge in [-0.1, -0.05) is 31.9 Å². The third-order valence-corrected chi connectivity index (χ3v) is 2.79. The van der Waals surface area contributed by atoms with E-state index in [2.05, 4.69) is 27.7 Å². The molecule has 0 heteroatoms. The third-order valence-electron chi connectivity index (χ3n) is 2.79. The Hall–Kier alpha value is -0.260. The molecule has 10 heavy (non-hydrogen) atoms. The summed E-state index contributed by atoms with van der Waals surface area (Å²) >= 11 is 0. The standard InChI is InChI=1S/C10H18/c1-7(2)10-6-5-8(3)9(10)4/h7-8H,5-6H2,1-4H3. The number of rotatable bonds is 1. The van der Waals surface area contributed by atoms with Gasteiger partial charge in [-0.15, -0.1) is 0 Å². The Labute approximate surface area is 64.3 Å². The molecule has 0 aromatic rings. The van der Waals surface area contributed by atoms with Crippen LogP contribution in [-0.4, -0.2) is 0 Å². The number of hydrogen-bond donors (Lipinski definition) is 0. The first-order valence-electron chi connectivity index (χ1n) is 4.32. The van der Waals surface area contributed by atoms with Gasteiger partial charge in [-0.05, 0) is 31.6 Å². The summed E-state index contributed by atoms with van der Waals surface area (Å²) in [6.45, 7) is 9.24. The quantitative estimate of drug-likeness (QED) is 0.487. The fraction of sp³-hybridized carbons (Fsp3) is 0.800. The predicted molar refractivity (Wildman–Crippen MR) is 45.9 cm³/mol. The Balaban J connectivity index is 2.75. The first-order valence-corrected chi connectivity index (χ1v) is 4.32. The molecule has 1 aliphatic rings. The van der Waals surface area contributed by atoms with Crippen LogP contribution in [0.15, 0.2) is 11.1 Å². The topological polar surface area (TPSA) is 0 Å². The van der Waals surface area contributed by atoms with Crippen LogP contribution in [0.2, 0.25) is 0 Å². The van der Waals surface area contributed by atoms with Crippen molar-refractivity contribution in [2.75, 3.05) is 0 Å². The molecule has 0 aromatic heterocycles. The summed E-state index contributed by atoms with van der Waals surface area (Å²) in [6.07, 6.45) is 2.74. The highest BCUT2D eigenvalue weighted by Crippen LogP contribution is 2.34. The molecule has 0 radical (unpaired) electrons. The molecule has 0 saturated heterocycles. The number of hydrogen-bond acceptors (Lipinski definition) is 0. The number of allylic oxidation sites excluding steroid dienone is 2. The second kappa shape index (κ2) is 2.77. The molecular weight excluding hydrogens is 120 g/mol. The Kier molecular flexibility index (Phi) is 2.18. The molecule has 0 bridgehead atoms. The van der Waals surface area contributed by atoms with Crippen LogP contribution in [0.1, 0.15) is 40.5 Å². The summed E-state index contributed by atoms with van der Waals surface area (Å²) in [6, 6.07) is 0. The molecule has 0 aliphatic heterocycles. The van der Waals surface area contributed by atoms with E-state index in [4.69, 9.17) is 0 Å². The van der Waals surface area contributed by atoms with Crippen LogP contribution in [-0.2, 0) is 0 Å². The molecular formula is C10H18. The predicted octanol–water partition coefficient (Wildman–Crippen LogP) is 3.39. The van der Waals surface area contributed by atoms with Gasteiger partial charge >= 0.3 is 0 Å². The molecule has 0 spiro atoms. The van der Waals surface area contributed by atoms with E-state index < -0.39 is 0 Å². The molecule has 0 N–H and O–H groups in total. The largest absolute Gasteiger partial charge is 0.0710 e. The highest BCUT2D eigenvalue weighted by Gasteiger charge is 2.19. The van der Waals surface area contributed by atoms with Crippen LogP contribution >= 0.6 is 0 Å². The van der Waals surface area contributed by atoms with Crippen molar-refractivity contribution in [3.05, 3.63) is 11.1 Å². The van der Waals surface area contributed by atoms with E-state index >= 15 is 0 Å². The lowest BCUT2D eigenvalue weighted by atomic mass is 9.99. The summed E-state index contributed by atoms with van der Waals surface area (Å²) in [5.74, 6) is 1.64. The Morgan fingerprint density at radius 2 is 2.00 bits per heavy atom. The highest BCUT2D eigenvalue weighted by atomic mass is 14.2. The van der Waals surface area contributed by atoms with Gasteiger partial charge in [0.15, 0.2) is 0 Å². The van der Waals surface area contributed by atoms with E-state index in [9.17, 15) is 0 Å². The maximum atomic E-state index is 2.34. The summed E-state index contributed by atoms with van der Waals surface area (Å²) in [5.41, 5.74) is 3.38. The first kappa shape index (κ1) is 7.84. The van der Waals surface area contributed by atoms with Crippen molar-refractivity contribution in [3.63, 3.8) is 0 Å². The molecule has 0 fully saturated rings. The van der Waals surface area contributed by atoms with Crippen LogP contribution in [0.5, 0.6) is 0 Å². The van der Waals surface area contributed by atoms with Gasteiger partial charge in [0.05, 0.1) is 0 Å². The van der Waals surface area contributed by atoms with Crippen molar-refractivity contribution in [2.24, 2.45) is 11.8 Å². The van der Waals surface area contributed by atoms with Crippen LogP contribution < -0.4 is 0 Å². The Morgan fingerprint density at radius 1 is 1.40 bits per heavy atom. The molecule has 0 heterocycles. The maximum Gasteiger partial charge on any atom is -0.0229 e. The average molecular weight is 138 g/mol. The lowest BCUT2D eigenvalue weighted by molar-refractivity contribution is 0.660.